The van der Waals surface area contributed by atoms with Crippen molar-refractivity contribution < 1.29 is 14.3 Å². The van der Waals surface area contributed by atoms with Gasteiger partial charge >= 0.3 is 5.97 Å². The second-order valence-corrected chi connectivity index (χ2v) is 7.55. The van der Waals surface area contributed by atoms with Gasteiger partial charge in [0.25, 0.3) is 0 Å². The predicted molar refractivity (Wildman–Crippen MR) is 105 cm³/mol. The molecule has 0 saturated carbocycles. The molecular formula is C19H18ClFN2O2S. The van der Waals surface area contributed by atoms with Crippen LogP contribution in [0.2, 0.25) is 0 Å². The molecule has 0 bridgehead atoms. The van der Waals surface area contributed by atoms with Gasteiger partial charge in [-0.2, -0.15) is 0 Å². The highest BCUT2D eigenvalue weighted by Crippen LogP contribution is 2.30. The summed E-state index contributed by atoms with van der Waals surface area (Å²) in [4.78, 5) is 15.6. The standard InChI is InChI=1S/C19H18ClFN2O2S/c1-11(22-13-3-5-14(6-4-13)26-10-20)19-16(9-18(24)25)15-8-12(21)2-7-17(15)23-19/h2-8,11,22-23H,9-10H2,1H3,(H,24,25). The summed E-state index contributed by atoms with van der Waals surface area (Å²) in [5, 5.41) is 13.7. The van der Waals surface area contributed by atoms with Crippen molar-refractivity contribution in [1.82, 2.24) is 4.98 Å². The summed E-state index contributed by atoms with van der Waals surface area (Å²) in [6.07, 6.45) is -0.171. The molecule has 0 aliphatic carbocycles. The van der Waals surface area contributed by atoms with Crippen molar-refractivity contribution in [1.29, 1.82) is 0 Å². The average Bonchev–Trinajstić information content (AvgIpc) is 2.94. The smallest absolute Gasteiger partial charge is 0.307 e. The zero-order valence-electron chi connectivity index (χ0n) is 14.1. The summed E-state index contributed by atoms with van der Waals surface area (Å²) >= 11 is 7.26. The second kappa shape index (κ2) is 8.01. The van der Waals surface area contributed by atoms with E-state index in [-0.39, 0.29) is 18.3 Å². The number of anilines is 1. The van der Waals surface area contributed by atoms with Crippen molar-refractivity contribution in [2.75, 3.05) is 10.5 Å². The van der Waals surface area contributed by atoms with Crippen LogP contribution in [0.5, 0.6) is 0 Å². The van der Waals surface area contributed by atoms with E-state index in [4.69, 9.17) is 11.6 Å². The Morgan fingerprint density at radius 2 is 2.04 bits per heavy atom. The Bertz CT molecular complexity index is 927. The summed E-state index contributed by atoms with van der Waals surface area (Å²) in [5.41, 5.74) is 2.97. The SMILES string of the molecule is CC(Nc1ccc(SCCl)cc1)c1[nH]c2ccc(F)cc2c1CC(=O)O. The number of carboxylic acid groups (broad SMARTS) is 1. The molecule has 0 amide bonds. The normalized spacial score (nSPS) is 12.3. The molecule has 0 saturated heterocycles. The maximum atomic E-state index is 13.6. The summed E-state index contributed by atoms with van der Waals surface area (Å²) in [6, 6.07) is 12.0. The van der Waals surface area contributed by atoms with Crippen molar-refractivity contribution in [3.8, 4) is 0 Å². The quantitative estimate of drug-likeness (QED) is 0.372. The minimum atomic E-state index is -0.953. The first kappa shape index (κ1) is 18.6. The molecule has 1 unspecified atom stereocenters. The minimum absolute atomic E-state index is 0.171. The molecule has 136 valence electrons. The lowest BCUT2D eigenvalue weighted by molar-refractivity contribution is -0.136. The van der Waals surface area contributed by atoms with Crippen LogP contribution in [0.25, 0.3) is 10.9 Å². The first-order chi connectivity index (χ1) is 12.5. The molecule has 1 atom stereocenters. The largest absolute Gasteiger partial charge is 0.481 e. The van der Waals surface area contributed by atoms with E-state index in [1.54, 1.807) is 17.8 Å². The number of benzene rings is 2. The first-order valence-corrected chi connectivity index (χ1v) is 9.57. The number of nitrogens with one attached hydrogen (secondary N) is 2. The van der Waals surface area contributed by atoms with Gasteiger partial charge in [0, 0.05) is 27.2 Å². The number of hydrogen-bond acceptors (Lipinski definition) is 3. The van der Waals surface area contributed by atoms with Crippen LogP contribution in [0.1, 0.15) is 24.2 Å². The number of carbonyl (C=O) groups is 1. The molecule has 0 aliphatic rings. The Morgan fingerprint density at radius 3 is 2.69 bits per heavy atom. The van der Waals surface area contributed by atoms with Gasteiger partial charge in [0.05, 0.1) is 17.7 Å². The third-order valence-electron chi connectivity index (χ3n) is 4.12. The number of hydrogen-bond donors (Lipinski definition) is 3. The van der Waals surface area contributed by atoms with Crippen molar-refractivity contribution >= 4 is 45.9 Å². The molecule has 0 aliphatic heterocycles. The predicted octanol–water partition coefficient (Wildman–Crippen LogP) is 5.40. The van der Waals surface area contributed by atoms with Crippen LogP contribution >= 0.6 is 23.4 Å². The number of aromatic amines is 1. The van der Waals surface area contributed by atoms with Crippen molar-refractivity contribution in [3.63, 3.8) is 0 Å². The third kappa shape index (κ3) is 4.14. The highest BCUT2D eigenvalue weighted by atomic mass is 35.5. The van der Waals surface area contributed by atoms with Gasteiger partial charge in [-0.25, -0.2) is 4.39 Å². The fraction of sp³-hybridized carbons (Fsp3) is 0.211. The highest BCUT2D eigenvalue weighted by molar-refractivity contribution is 8.00. The molecule has 26 heavy (non-hydrogen) atoms. The lowest BCUT2D eigenvalue weighted by atomic mass is 10.0. The molecule has 0 radical (unpaired) electrons. The molecule has 7 heteroatoms. The van der Waals surface area contributed by atoms with Crippen molar-refractivity contribution in [3.05, 3.63) is 59.5 Å². The lowest BCUT2D eigenvalue weighted by Crippen LogP contribution is -2.11. The zero-order valence-corrected chi connectivity index (χ0v) is 15.6. The molecule has 3 rings (SSSR count). The second-order valence-electron chi connectivity index (χ2n) is 5.92. The van der Waals surface area contributed by atoms with Crippen LogP contribution in [-0.4, -0.2) is 21.3 Å². The lowest BCUT2D eigenvalue weighted by Gasteiger charge is -2.16. The number of fused-ring (bicyclic) bond motifs is 1. The number of aromatic nitrogens is 1. The van der Waals surface area contributed by atoms with Crippen LogP contribution in [0.15, 0.2) is 47.4 Å². The van der Waals surface area contributed by atoms with Gasteiger partial charge in [0.1, 0.15) is 5.82 Å². The van der Waals surface area contributed by atoms with Gasteiger partial charge in [-0.05, 0) is 55.0 Å². The maximum Gasteiger partial charge on any atom is 0.307 e. The van der Waals surface area contributed by atoms with Gasteiger partial charge in [-0.15, -0.1) is 23.4 Å². The Kier molecular flexibility index (Phi) is 5.74. The number of H-pyrrole nitrogens is 1. The molecular weight excluding hydrogens is 375 g/mol. The summed E-state index contributed by atoms with van der Waals surface area (Å²) in [6.45, 7) is 1.94. The molecule has 0 fully saturated rings. The van der Waals surface area contributed by atoms with E-state index in [0.29, 0.717) is 16.2 Å². The van der Waals surface area contributed by atoms with Gasteiger partial charge in [0.15, 0.2) is 0 Å². The van der Waals surface area contributed by atoms with E-state index < -0.39 is 5.97 Å². The molecule has 1 heterocycles. The Morgan fingerprint density at radius 1 is 1.31 bits per heavy atom. The third-order valence-corrected chi connectivity index (χ3v) is 5.16. The molecule has 3 aromatic rings. The monoisotopic (exact) mass is 392 g/mol. The molecule has 1 aromatic heterocycles. The first-order valence-electron chi connectivity index (χ1n) is 8.05. The zero-order chi connectivity index (χ0) is 18.7. The summed E-state index contributed by atoms with van der Waals surface area (Å²) < 4.78 is 13.6. The Hall–Kier alpha value is -2.18. The van der Waals surface area contributed by atoms with Gasteiger partial charge in [0.2, 0.25) is 0 Å². The van der Waals surface area contributed by atoms with Crippen LogP contribution in [0, 0.1) is 5.82 Å². The fourth-order valence-electron chi connectivity index (χ4n) is 2.98. The van der Waals surface area contributed by atoms with Crippen LogP contribution in [0.4, 0.5) is 10.1 Å². The number of carboxylic acids is 1. The Labute approximate surface area is 159 Å². The molecule has 3 N–H and O–H groups in total. The summed E-state index contributed by atoms with van der Waals surface area (Å²) in [5.74, 6) is -1.34. The number of halogens is 2. The average molecular weight is 393 g/mol. The van der Waals surface area contributed by atoms with Gasteiger partial charge in [-0.3, -0.25) is 4.79 Å². The van der Waals surface area contributed by atoms with Gasteiger partial charge < -0.3 is 15.4 Å². The Balaban J connectivity index is 1.91. The van der Waals surface area contributed by atoms with Crippen LogP contribution in [-0.2, 0) is 11.2 Å². The highest BCUT2D eigenvalue weighted by Gasteiger charge is 2.19. The molecule has 0 spiro atoms. The maximum absolute atomic E-state index is 13.6. The van der Waals surface area contributed by atoms with E-state index in [9.17, 15) is 14.3 Å². The van der Waals surface area contributed by atoms with E-state index in [2.05, 4.69) is 10.3 Å². The van der Waals surface area contributed by atoms with Crippen LogP contribution in [0.3, 0.4) is 0 Å². The van der Waals surface area contributed by atoms with Gasteiger partial charge in [-0.1, -0.05) is 0 Å². The van der Waals surface area contributed by atoms with Crippen molar-refractivity contribution in [2.24, 2.45) is 0 Å². The van der Waals surface area contributed by atoms with E-state index in [1.807, 2.05) is 31.2 Å². The van der Waals surface area contributed by atoms with E-state index >= 15 is 0 Å². The number of rotatable bonds is 7. The number of alkyl halides is 1. The van der Waals surface area contributed by atoms with Crippen LogP contribution < -0.4 is 5.32 Å². The van der Waals surface area contributed by atoms with E-state index in [1.165, 1.54) is 12.1 Å². The number of aliphatic carboxylic acids is 1. The summed E-state index contributed by atoms with van der Waals surface area (Å²) in [7, 11) is 0. The van der Waals surface area contributed by atoms with Crippen molar-refractivity contribution in [2.45, 2.75) is 24.3 Å². The fourth-order valence-corrected chi connectivity index (χ4v) is 3.82. The number of thioether (sulfide) groups is 1. The topological polar surface area (TPSA) is 65.1 Å². The van der Waals surface area contributed by atoms with E-state index in [0.717, 1.165) is 21.8 Å². The minimum Gasteiger partial charge on any atom is -0.481 e. The molecule has 4 nitrogen and oxygen atoms in total. The molecule has 2 aromatic carbocycles.